The van der Waals surface area contributed by atoms with E-state index in [4.69, 9.17) is 4.74 Å². The highest BCUT2D eigenvalue weighted by molar-refractivity contribution is 5.77. The Hall–Kier alpha value is -1.59. The summed E-state index contributed by atoms with van der Waals surface area (Å²) < 4.78 is 5.35. The lowest BCUT2D eigenvalue weighted by molar-refractivity contribution is -0.122. The van der Waals surface area contributed by atoms with Gasteiger partial charge in [-0.3, -0.25) is 9.69 Å². The zero-order valence-corrected chi connectivity index (χ0v) is 14.3. The lowest BCUT2D eigenvalue weighted by Crippen LogP contribution is -2.43. The molecule has 1 aromatic carbocycles. The number of methoxy groups -OCH3 is 1. The second-order valence-electron chi connectivity index (χ2n) is 6.17. The summed E-state index contributed by atoms with van der Waals surface area (Å²) in [4.78, 5) is 16.4. The fourth-order valence-corrected chi connectivity index (χ4v) is 2.92. The highest BCUT2D eigenvalue weighted by Gasteiger charge is 2.20. The molecule has 1 amide bonds. The smallest absolute Gasteiger partial charge is 0.234 e. The van der Waals surface area contributed by atoms with Gasteiger partial charge in [0.25, 0.3) is 0 Å². The first-order valence-electron chi connectivity index (χ1n) is 8.47. The molecule has 0 radical (unpaired) electrons. The zero-order chi connectivity index (χ0) is 16.5. The predicted molar refractivity (Wildman–Crippen MR) is 93.8 cm³/mol. The van der Waals surface area contributed by atoms with Crippen molar-refractivity contribution in [3.63, 3.8) is 0 Å². The van der Waals surface area contributed by atoms with Crippen LogP contribution in [-0.2, 0) is 9.53 Å². The highest BCUT2D eigenvalue weighted by atomic mass is 16.5. The van der Waals surface area contributed by atoms with E-state index in [1.54, 1.807) is 7.11 Å². The summed E-state index contributed by atoms with van der Waals surface area (Å²) >= 11 is 0. The maximum atomic E-state index is 12.0. The molecule has 0 bridgehead atoms. The van der Waals surface area contributed by atoms with E-state index in [-0.39, 0.29) is 5.91 Å². The Kier molecular flexibility index (Phi) is 7.36. The topological polar surface area (TPSA) is 44.8 Å². The fourth-order valence-electron chi connectivity index (χ4n) is 2.92. The fraction of sp³-hybridized carbons (Fsp3) is 0.611. The van der Waals surface area contributed by atoms with Gasteiger partial charge in [-0.25, -0.2) is 0 Å². The number of benzene rings is 1. The Balaban J connectivity index is 1.56. The summed E-state index contributed by atoms with van der Waals surface area (Å²) in [7, 11) is 3.84. The van der Waals surface area contributed by atoms with Gasteiger partial charge in [0.15, 0.2) is 0 Å². The van der Waals surface area contributed by atoms with Crippen LogP contribution in [0, 0.1) is 0 Å². The number of hydrogen-bond acceptors (Lipinski definition) is 4. The third-order valence-corrected chi connectivity index (χ3v) is 4.42. The van der Waals surface area contributed by atoms with E-state index < -0.39 is 0 Å². The average Bonchev–Trinajstić information content (AvgIpc) is 2.60. The maximum absolute atomic E-state index is 12.0. The predicted octanol–water partition coefficient (Wildman–Crippen LogP) is 1.74. The number of anilines is 1. The van der Waals surface area contributed by atoms with E-state index in [1.807, 2.05) is 18.2 Å². The quantitative estimate of drug-likeness (QED) is 0.741. The molecule has 0 unspecified atom stereocenters. The minimum Gasteiger partial charge on any atom is -0.381 e. The highest BCUT2D eigenvalue weighted by Crippen LogP contribution is 2.12. The molecule has 1 saturated heterocycles. The number of nitrogens with zero attached hydrogens (tertiary/aromatic N) is 2. The van der Waals surface area contributed by atoms with Crippen LogP contribution in [0.5, 0.6) is 0 Å². The number of amides is 1. The molecule has 1 heterocycles. The van der Waals surface area contributed by atoms with Crippen LogP contribution in [0.25, 0.3) is 0 Å². The second-order valence-corrected chi connectivity index (χ2v) is 6.17. The molecule has 128 valence electrons. The summed E-state index contributed by atoms with van der Waals surface area (Å²) in [5.74, 6) is 0.128. The normalized spacial score (nSPS) is 16.3. The number of ether oxygens (including phenoxy) is 1. The maximum Gasteiger partial charge on any atom is 0.234 e. The molecule has 5 nitrogen and oxygen atoms in total. The number of carbonyl (C=O) groups is 1. The van der Waals surface area contributed by atoms with Crippen molar-refractivity contribution in [1.82, 2.24) is 10.2 Å². The molecular formula is C18H29N3O2. The number of piperidine rings is 1. The van der Waals surface area contributed by atoms with Gasteiger partial charge in [-0.15, -0.1) is 0 Å². The third kappa shape index (κ3) is 6.20. The van der Waals surface area contributed by atoms with Gasteiger partial charge in [-0.1, -0.05) is 18.2 Å². The summed E-state index contributed by atoms with van der Waals surface area (Å²) in [5.41, 5.74) is 1.21. The molecule has 0 aliphatic carbocycles. The van der Waals surface area contributed by atoms with Crippen LogP contribution in [0.4, 0.5) is 5.69 Å². The Labute approximate surface area is 139 Å². The minimum absolute atomic E-state index is 0.128. The molecule has 0 aromatic heterocycles. The van der Waals surface area contributed by atoms with Crippen molar-refractivity contribution in [3.05, 3.63) is 30.3 Å². The standard InChI is InChI=1S/C18H29N3O2/c1-20(16-7-4-3-5-8-16)12-6-11-19-18(22)15-21-13-9-17(23-2)10-14-21/h3-5,7-8,17H,6,9-15H2,1-2H3,(H,19,22). The molecule has 5 heteroatoms. The van der Waals surface area contributed by atoms with Crippen LogP contribution in [0.15, 0.2) is 30.3 Å². The SMILES string of the molecule is COC1CCN(CC(=O)NCCCN(C)c2ccccc2)CC1. The Morgan fingerprint density at radius 1 is 1.30 bits per heavy atom. The Morgan fingerprint density at radius 3 is 2.65 bits per heavy atom. The van der Waals surface area contributed by atoms with Gasteiger partial charge in [-0.05, 0) is 31.4 Å². The first-order valence-corrected chi connectivity index (χ1v) is 8.47. The molecule has 0 atom stereocenters. The molecule has 2 rings (SSSR count). The van der Waals surface area contributed by atoms with Crippen molar-refractivity contribution in [2.45, 2.75) is 25.4 Å². The average molecular weight is 319 g/mol. The van der Waals surface area contributed by atoms with E-state index in [9.17, 15) is 4.79 Å². The molecule has 1 aromatic rings. The summed E-state index contributed by atoms with van der Waals surface area (Å²) in [5, 5.41) is 3.02. The number of hydrogen-bond donors (Lipinski definition) is 1. The summed E-state index contributed by atoms with van der Waals surface area (Å²) in [6.07, 6.45) is 3.35. The van der Waals surface area contributed by atoms with Crippen LogP contribution in [0.3, 0.4) is 0 Å². The van der Waals surface area contributed by atoms with Crippen LogP contribution in [0.2, 0.25) is 0 Å². The van der Waals surface area contributed by atoms with E-state index >= 15 is 0 Å². The summed E-state index contributed by atoms with van der Waals surface area (Å²) in [6, 6.07) is 10.3. The molecule has 1 aliphatic rings. The van der Waals surface area contributed by atoms with Crippen LogP contribution in [0.1, 0.15) is 19.3 Å². The molecule has 1 N–H and O–H groups in total. The minimum atomic E-state index is 0.128. The first-order chi connectivity index (χ1) is 11.2. The van der Waals surface area contributed by atoms with Crippen molar-refractivity contribution in [1.29, 1.82) is 0 Å². The van der Waals surface area contributed by atoms with Crippen molar-refractivity contribution in [3.8, 4) is 0 Å². The summed E-state index contributed by atoms with van der Waals surface area (Å²) in [6.45, 7) is 4.06. The largest absolute Gasteiger partial charge is 0.381 e. The van der Waals surface area contributed by atoms with Gasteiger partial charge in [-0.2, -0.15) is 0 Å². The van der Waals surface area contributed by atoms with E-state index in [2.05, 4.69) is 34.3 Å². The third-order valence-electron chi connectivity index (χ3n) is 4.42. The van der Waals surface area contributed by atoms with Crippen LogP contribution in [-0.4, -0.2) is 63.8 Å². The molecule has 0 saturated carbocycles. The lowest BCUT2D eigenvalue weighted by atomic mass is 10.1. The lowest BCUT2D eigenvalue weighted by Gasteiger charge is -2.30. The number of carbonyl (C=O) groups excluding carboxylic acids is 1. The van der Waals surface area contributed by atoms with E-state index in [0.29, 0.717) is 12.6 Å². The van der Waals surface area contributed by atoms with Crippen molar-refractivity contribution >= 4 is 11.6 Å². The molecule has 1 fully saturated rings. The van der Waals surface area contributed by atoms with Crippen molar-refractivity contribution in [2.24, 2.45) is 0 Å². The zero-order valence-electron chi connectivity index (χ0n) is 14.3. The van der Waals surface area contributed by atoms with Gasteiger partial charge in [0.2, 0.25) is 5.91 Å². The molecule has 0 spiro atoms. The Morgan fingerprint density at radius 2 is 2.00 bits per heavy atom. The van der Waals surface area contributed by atoms with Crippen molar-refractivity contribution < 1.29 is 9.53 Å². The number of nitrogens with one attached hydrogen (secondary N) is 1. The molecule has 1 aliphatic heterocycles. The van der Waals surface area contributed by atoms with Gasteiger partial charge in [0, 0.05) is 46.0 Å². The number of para-hydroxylation sites is 1. The van der Waals surface area contributed by atoms with Gasteiger partial charge >= 0.3 is 0 Å². The molecular weight excluding hydrogens is 290 g/mol. The van der Waals surface area contributed by atoms with Gasteiger partial charge in [0.05, 0.1) is 12.6 Å². The second kappa shape index (κ2) is 9.53. The van der Waals surface area contributed by atoms with E-state index in [0.717, 1.165) is 45.4 Å². The van der Waals surface area contributed by atoms with E-state index in [1.165, 1.54) is 5.69 Å². The van der Waals surface area contributed by atoms with Crippen molar-refractivity contribution in [2.75, 3.05) is 51.8 Å². The van der Waals surface area contributed by atoms with Gasteiger partial charge in [0.1, 0.15) is 0 Å². The number of likely N-dealkylation sites (tertiary alicyclic amines) is 1. The number of rotatable bonds is 8. The van der Waals surface area contributed by atoms with Crippen LogP contribution < -0.4 is 10.2 Å². The molecule has 23 heavy (non-hydrogen) atoms. The van der Waals surface area contributed by atoms with Gasteiger partial charge < -0.3 is 15.0 Å². The first kappa shape index (κ1) is 17.8. The van der Waals surface area contributed by atoms with Crippen LogP contribution >= 0.6 is 0 Å². The monoisotopic (exact) mass is 319 g/mol. The Bertz CT molecular complexity index is 459.